The van der Waals surface area contributed by atoms with Gasteiger partial charge in [0.25, 0.3) is 5.92 Å². The summed E-state index contributed by atoms with van der Waals surface area (Å²) in [6, 6.07) is 1.54. The van der Waals surface area contributed by atoms with Crippen molar-refractivity contribution in [3.8, 4) is 0 Å². The summed E-state index contributed by atoms with van der Waals surface area (Å²) in [6.07, 6.45) is -8.46. The number of fused-ring (bicyclic) bond motifs is 3. The Morgan fingerprint density at radius 1 is 1.04 bits per heavy atom. The Morgan fingerprint density at radius 3 is 2.16 bits per heavy atom. The van der Waals surface area contributed by atoms with Crippen molar-refractivity contribution in [2.75, 3.05) is 0 Å². The lowest BCUT2D eigenvalue weighted by Crippen LogP contribution is -2.67. The highest BCUT2D eigenvalue weighted by molar-refractivity contribution is 5.28. The van der Waals surface area contributed by atoms with Gasteiger partial charge in [-0.25, -0.2) is 22.0 Å². The summed E-state index contributed by atoms with van der Waals surface area (Å²) in [7, 11) is 0. The Labute approximate surface area is 140 Å². The van der Waals surface area contributed by atoms with Crippen LogP contribution in [0.3, 0.4) is 0 Å². The van der Waals surface area contributed by atoms with Crippen LogP contribution in [0.4, 0.5) is 30.7 Å². The molecule has 1 nitrogen and oxygen atoms in total. The summed E-state index contributed by atoms with van der Waals surface area (Å²) in [4.78, 5) is 0. The average Bonchev–Trinajstić information content (AvgIpc) is 2.52. The Balaban J connectivity index is 1.97. The number of alkyl halides is 5. The van der Waals surface area contributed by atoms with E-state index < -0.39 is 46.4 Å². The molecule has 0 aliphatic heterocycles. The maximum atomic E-state index is 14.5. The number of rotatable bonds is 3. The molecule has 0 N–H and O–H groups in total. The second kappa shape index (κ2) is 5.34. The highest BCUT2D eigenvalue weighted by atomic mass is 19.3. The summed E-state index contributed by atoms with van der Waals surface area (Å²) in [6.45, 7) is 2.40. The van der Waals surface area contributed by atoms with Gasteiger partial charge in [-0.15, -0.1) is 0 Å². The Bertz CT molecular complexity index is 692. The SMILES string of the molecule is Cc1ccc(C(F)(F)OC23CCC(C)(CC2)C(F)(F)C3F)c(F)c1F. The zero-order valence-corrected chi connectivity index (χ0v) is 13.6. The van der Waals surface area contributed by atoms with Crippen LogP contribution in [0.1, 0.15) is 43.7 Å². The smallest absolute Gasteiger partial charge is 0.306 e. The fourth-order valence-electron chi connectivity index (χ4n) is 3.78. The van der Waals surface area contributed by atoms with Crippen LogP contribution in [0.2, 0.25) is 0 Å². The molecular formula is C17H17F7O. The highest BCUT2D eigenvalue weighted by Gasteiger charge is 2.72. The quantitative estimate of drug-likeness (QED) is 0.625. The largest absolute Gasteiger partial charge is 0.386 e. The molecule has 1 aromatic carbocycles. The zero-order valence-electron chi connectivity index (χ0n) is 13.6. The molecule has 3 saturated carbocycles. The van der Waals surface area contributed by atoms with Gasteiger partial charge in [-0.1, -0.05) is 13.0 Å². The van der Waals surface area contributed by atoms with Gasteiger partial charge >= 0.3 is 6.11 Å². The predicted octanol–water partition coefficient (Wildman–Crippen LogP) is 5.65. The number of benzene rings is 1. The van der Waals surface area contributed by atoms with E-state index in [1.807, 2.05) is 0 Å². The first kappa shape index (κ1) is 18.5. The molecule has 0 heterocycles. The molecule has 0 aromatic heterocycles. The second-order valence-corrected chi connectivity index (χ2v) is 7.29. The van der Waals surface area contributed by atoms with E-state index in [1.165, 1.54) is 13.8 Å². The van der Waals surface area contributed by atoms with Gasteiger partial charge in [0.05, 0.1) is 5.56 Å². The normalized spacial score (nSPS) is 34.4. The minimum Gasteiger partial charge on any atom is -0.306 e. The number of ether oxygens (including phenoxy) is 1. The third kappa shape index (κ3) is 2.47. The minimum atomic E-state index is -4.44. The maximum Gasteiger partial charge on any atom is 0.386 e. The van der Waals surface area contributed by atoms with Crippen LogP contribution in [-0.2, 0) is 10.8 Å². The molecule has 8 heteroatoms. The van der Waals surface area contributed by atoms with Gasteiger partial charge in [-0.3, -0.25) is 0 Å². The molecule has 140 valence electrons. The topological polar surface area (TPSA) is 9.23 Å². The van der Waals surface area contributed by atoms with Crippen molar-refractivity contribution in [2.45, 2.75) is 63.3 Å². The second-order valence-electron chi connectivity index (χ2n) is 7.29. The molecule has 2 bridgehead atoms. The van der Waals surface area contributed by atoms with Crippen LogP contribution < -0.4 is 0 Å². The van der Waals surface area contributed by atoms with Crippen LogP contribution in [0.5, 0.6) is 0 Å². The first-order chi connectivity index (χ1) is 11.4. The molecule has 0 spiro atoms. The average molecular weight is 370 g/mol. The molecule has 0 amide bonds. The van der Waals surface area contributed by atoms with E-state index in [9.17, 15) is 30.7 Å². The predicted molar refractivity (Wildman–Crippen MR) is 75.2 cm³/mol. The van der Waals surface area contributed by atoms with Crippen LogP contribution in [0.25, 0.3) is 0 Å². The molecular weight excluding hydrogens is 353 g/mol. The van der Waals surface area contributed by atoms with Crippen molar-refractivity contribution in [2.24, 2.45) is 5.41 Å². The first-order valence-corrected chi connectivity index (χ1v) is 7.91. The van der Waals surface area contributed by atoms with Crippen molar-refractivity contribution in [1.29, 1.82) is 0 Å². The van der Waals surface area contributed by atoms with Gasteiger partial charge in [-0.05, 0) is 44.2 Å². The van der Waals surface area contributed by atoms with Gasteiger partial charge in [0.2, 0.25) is 0 Å². The molecule has 0 radical (unpaired) electrons. The third-order valence-corrected chi connectivity index (χ3v) is 5.71. The molecule has 25 heavy (non-hydrogen) atoms. The Hall–Kier alpha value is -1.31. The first-order valence-electron chi connectivity index (χ1n) is 7.91. The van der Waals surface area contributed by atoms with Crippen molar-refractivity contribution >= 4 is 0 Å². The summed E-state index contributed by atoms with van der Waals surface area (Å²) < 4.78 is 104. The number of halogens is 7. The number of hydrogen-bond donors (Lipinski definition) is 0. The lowest BCUT2D eigenvalue weighted by Gasteiger charge is -2.57. The van der Waals surface area contributed by atoms with Gasteiger partial charge < -0.3 is 4.74 Å². The molecule has 1 atom stereocenters. The Kier molecular flexibility index (Phi) is 3.95. The molecule has 3 fully saturated rings. The lowest BCUT2D eigenvalue weighted by molar-refractivity contribution is -0.375. The number of aryl methyl sites for hydroxylation is 1. The zero-order chi connectivity index (χ0) is 18.8. The highest BCUT2D eigenvalue weighted by Crippen LogP contribution is 2.63. The van der Waals surface area contributed by atoms with E-state index in [-0.39, 0.29) is 31.2 Å². The summed E-state index contributed by atoms with van der Waals surface area (Å²) in [5.41, 5.74) is -5.68. The minimum absolute atomic E-state index is 0.193. The van der Waals surface area contributed by atoms with Crippen LogP contribution in [0, 0.1) is 24.0 Å². The molecule has 0 saturated heterocycles. The van der Waals surface area contributed by atoms with Crippen molar-refractivity contribution < 1.29 is 35.5 Å². The monoisotopic (exact) mass is 370 g/mol. The van der Waals surface area contributed by atoms with Gasteiger partial charge in [-0.2, -0.15) is 8.78 Å². The third-order valence-electron chi connectivity index (χ3n) is 5.71. The summed E-state index contributed by atoms with van der Waals surface area (Å²) in [5.74, 6) is -7.16. The van der Waals surface area contributed by atoms with Gasteiger partial charge in [0.1, 0.15) is 5.60 Å². The molecule has 1 aromatic rings. The van der Waals surface area contributed by atoms with Crippen molar-refractivity contribution in [3.63, 3.8) is 0 Å². The molecule has 1 unspecified atom stereocenters. The van der Waals surface area contributed by atoms with E-state index >= 15 is 0 Å². The summed E-state index contributed by atoms with van der Waals surface area (Å²) in [5, 5.41) is 0. The van der Waals surface area contributed by atoms with Gasteiger partial charge in [0, 0.05) is 5.41 Å². The lowest BCUT2D eigenvalue weighted by atomic mass is 9.56. The standard InChI is InChI=1S/C17H17F7O/c1-9-3-4-10(12(19)11(9)18)17(23,24)25-15-7-5-14(2,6-8-15)16(21,22)13(15)20/h3-4,13H,5-8H2,1-2H3. The molecule has 3 aliphatic rings. The van der Waals surface area contributed by atoms with Crippen LogP contribution in [0.15, 0.2) is 12.1 Å². The fourth-order valence-corrected chi connectivity index (χ4v) is 3.78. The Morgan fingerprint density at radius 2 is 1.60 bits per heavy atom. The fraction of sp³-hybridized carbons (Fsp3) is 0.647. The molecule has 3 aliphatic carbocycles. The van der Waals surface area contributed by atoms with Gasteiger partial charge in [0.15, 0.2) is 17.8 Å². The molecule has 4 rings (SSSR count). The van der Waals surface area contributed by atoms with E-state index in [2.05, 4.69) is 4.74 Å². The van der Waals surface area contributed by atoms with E-state index in [1.54, 1.807) is 0 Å². The van der Waals surface area contributed by atoms with Crippen molar-refractivity contribution in [1.82, 2.24) is 0 Å². The van der Waals surface area contributed by atoms with Crippen molar-refractivity contribution in [3.05, 3.63) is 34.9 Å². The van der Waals surface area contributed by atoms with E-state index in [4.69, 9.17) is 0 Å². The van der Waals surface area contributed by atoms with E-state index in [0.717, 1.165) is 6.07 Å². The van der Waals surface area contributed by atoms with Crippen LogP contribution in [-0.4, -0.2) is 17.7 Å². The maximum absolute atomic E-state index is 14.5. The summed E-state index contributed by atoms with van der Waals surface area (Å²) >= 11 is 0. The number of hydrogen-bond acceptors (Lipinski definition) is 1. The van der Waals surface area contributed by atoms with Crippen LogP contribution >= 0.6 is 0 Å². The van der Waals surface area contributed by atoms with E-state index in [0.29, 0.717) is 6.07 Å².